The van der Waals surface area contributed by atoms with Gasteiger partial charge in [-0.3, -0.25) is 4.79 Å². The van der Waals surface area contributed by atoms with Gasteiger partial charge < -0.3 is 11.1 Å². The summed E-state index contributed by atoms with van der Waals surface area (Å²) >= 11 is 3.47. The lowest BCUT2D eigenvalue weighted by molar-refractivity contribution is -0.122. The molecule has 1 aromatic rings. The van der Waals surface area contributed by atoms with E-state index in [0.717, 1.165) is 10.0 Å². The van der Waals surface area contributed by atoms with Crippen molar-refractivity contribution in [2.75, 3.05) is 0 Å². The molecule has 0 spiro atoms. The quantitative estimate of drug-likeness (QED) is 0.898. The maximum Gasteiger partial charge on any atom is 0.222 e. The van der Waals surface area contributed by atoms with E-state index in [9.17, 15) is 4.79 Å². The molecule has 4 heteroatoms. The average molecular weight is 299 g/mol. The van der Waals surface area contributed by atoms with E-state index in [0.29, 0.717) is 6.42 Å². The van der Waals surface area contributed by atoms with Crippen molar-refractivity contribution in [1.29, 1.82) is 0 Å². The summed E-state index contributed by atoms with van der Waals surface area (Å²) in [6, 6.07) is 7.83. The van der Waals surface area contributed by atoms with Crippen molar-refractivity contribution in [3.8, 4) is 0 Å². The van der Waals surface area contributed by atoms with Crippen LogP contribution in [0.15, 0.2) is 28.7 Å². The maximum atomic E-state index is 11.7. The summed E-state index contributed by atoms with van der Waals surface area (Å²) in [5, 5.41) is 2.94. The minimum absolute atomic E-state index is 0.0271. The molecule has 0 aliphatic carbocycles. The van der Waals surface area contributed by atoms with Gasteiger partial charge in [-0.1, -0.05) is 34.1 Å². The van der Waals surface area contributed by atoms with Gasteiger partial charge in [-0.15, -0.1) is 0 Å². The summed E-state index contributed by atoms with van der Waals surface area (Å²) in [6.07, 6.45) is 0.321. The highest BCUT2D eigenvalue weighted by Gasteiger charge is 2.18. The van der Waals surface area contributed by atoms with Gasteiger partial charge in [-0.25, -0.2) is 0 Å². The summed E-state index contributed by atoms with van der Waals surface area (Å²) in [5.41, 5.74) is 6.40. The number of rotatable bonds is 4. The second-order valence-corrected chi connectivity index (χ2v) is 5.83. The molecule has 1 atom stereocenters. The molecular weight excluding hydrogens is 280 g/mol. The summed E-state index contributed by atoms with van der Waals surface area (Å²) in [5.74, 6) is -0.0271. The number of halogens is 1. The monoisotopic (exact) mass is 298 g/mol. The van der Waals surface area contributed by atoms with Crippen LogP contribution in [0.3, 0.4) is 0 Å². The number of benzene rings is 1. The summed E-state index contributed by atoms with van der Waals surface area (Å²) in [6.45, 7) is 5.65. The highest BCUT2D eigenvalue weighted by Crippen LogP contribution is 2.22. The fraction of sp³-hybridized carbons (Fsp3) is 0.462. The normalized spacial score (nSPS) is 13.2. The van der Waals surface area contributed by atoms with Gasteiger partial charge in [-0.05, 0) is 32.4 Å². The minimum Gasteiger partial charge on any atom is -0.349 e. The molecule has 0 fully saturated rings. The van der Waals surface area contributed by atoms with Gasteiger partial charge in [0, 0.05) is 16.4 Å². The highest BCUT2D eigenvalue weighted by molar-refractivity contribution is 9.10. The number of nitrogens with one attached hydrogen (secondary N) is 1. The van der Waals surface area contributed by atoms with Gasteiger partial charge in [0.1, 0.15) is 0 Å². The van der Waals surface area contributed by atoms with Crippen molar-refractivity contribution in [3.63, 3.8) is 0 Å². The third-order valence-corrected chi connectivity index (χ3v) is 3.09. The molecule has 94 valence electrons. The standard InChI is InChI=1S/C13H19BrN2O/c1-9(10-6-4-5-7-11(10)14)16-12(17)8-13(2,3)15/h4-7,9H,8,15H2,1-3H3,(H,16,17)/t9-/m0/s1. The molecule has 0 aromatic heterocycles. The van der Waals surface area contributed by atoms with E-state index < -0.39 is 5.54 Å². The predicted molar refractivity (Wildman–Crippen MR) is 73.6 cm³/mol. The zero-order valence-electron chi connectivity index (χ0n) is 10.5. The van der Waals surface area contributed by atoms with Crippen LogP contribution in [0.4, 0.5) is 0 Å². The third-order valence-electron chi connectivity index (χ3n) is 2.37. The third kappa shape index (κ3) is 4.88. The molecule has 0 saturated heterocycles. The largest absolute Gasteiger partial charge is 0.349 e. The van der Waals surface area contributed by atoms with Crippen molar-refractivity contribution in [2.24, 2.45) is 5.73 Å². The Bertz CT molecular complexity index is 399. The van der Waals surface area contributed by atoms with Crippen LogP contribution in [0.25, 0.3) is 0 Å². The zero-order valence-corrected chi connectivity index (χ0v) is 12.0. The smallest absolute Gasteiger partial charge is 0.222 e. The Hall–Kier alpha value is -0.870. The predicted octanol–water partition coefficient (Wildman–Crippen LogP) is 2.75. The molecular formula is C13H19BrN2O. The van der Waals surface area contributed by atoms with Crippen LogP contribution in [0, 0.1) is 0 Å². The van der Waals surface area contributed by atoms with Crippen LogP contribution < -0.4 is 11.1 Å². The van der Waals surface area contributed by atoms with E-state index in [4.69, 9.17) is 5.73 Å². The van der Waals surface area contributed by atoms with Gasteiger partial charge in [0.2, 0.25) is 5.91 Å². The van der Waals surface area contributed by atoms with Gasteiger partial charge >= 0.3 is 0 Å². The number of amides is 1. The van der Waals surface area contributed by atoms with Gasteiger partial charge in [-0.2, -0.15) is 0 Å². The molecule has 0 aliphatic rings. The van der Waals surface area contributed by atoms with Crippen LogP contribution in [0.5, 0.6) is 0 Å². The molecule has 1 amide bonds. The number of carbonyl (C=O) groups is 1. The van der Waals surface area contributed by atoms with Gasteiger partial charge in [0.15, 0.2) is 0 Å². The molecule has 17 heavy (non-hydrogen) atoms. The first kappa shape index (κ1) is 14.2. The first-order chi connectivity index (χ1) is 7.79. The molecule has 0 bridgehead atoms. The molecule has 3 N–H and O–H groups in total. The van der Waals surface area contributed by atoms with Crippen molar-refractivity contribution in [1.82, 2.24) is 5.32 Å². The van der Waals surface area contributed by atoms with Crippen LogP contribution in [0.1, 0.15) is 38.8 Å². The molecule has 1 rings (SSSR count). The molecule has 3 nitrogen and oxygen atoms in total. The Balaban J connectivity index is 2.64. The number of hydrogen-bond acceptors (Lipinski definition) is 2. The first-order valence-corrected chi connectivity index (χ1v) is 6.41. The summed E-state index contributed by atoms with van der Waals surface area (Å²) in [7, 11) is 0. The molecule has 0 heterocycles. The second-order valence-electron chi connectivity index (χ2n) is 4.98. The molecule has 0 saturated carbocycles. The Morgan fingerprint density at radius 2 is 2.06 bits per heavy atom. The minimum atomic E-state index is -0.474. The molecule has 0 radical (unpaired) electrons. The van der Waals surface area contributed by atoms with E-state index in [1.165, 1.54) is 0 Å². The van der Waals surface area contributed by atoms with E-state index >= 15 is 0 Å². The van der Waals surface area contributed by atoms with Crippen LogP contribution in [-0.2, 0) is 4.79 Å². The van der Waals surface area contributed by atoms with E-state index in [1.807, 2.05) is 45.0 Å². The van der Waals surface area contributed by atoms with Crippen LogP contribution in [0.2, 0.25) is 0 Å². The van der Waals surface area contributed by atoms with Crippen molar-refractivity contribution < 1.29 is 4.79 Å². The fourth-order valence-corrected chi connectivity index (χ4v) is 2.24. The van der Waals surface area contributed by atoms with Crippen molar-refractivity contribution in [2.45, 2.75) is 38.8 Å². The highest BCUT2D eigenvalue weighted by atomic mass is 79.9. The van der Waals surface area contributed by atoms with Gasteiger partial charge in [0.05, 0.1) is 6.04 Å². The van der Waals surface area contributed by atoms with Crippen molar-refractivity contribution >= 4 is 21.8 Å². The Morgan fingerprint density at radius 1 is 1.47 bits per heavy atom. The lowest BCUT2D eigenvalue weighted by atomic mass is 10.0. The SMILES string of the molecule is C[C@H](NC(=O)CC(C)(C)N)c1ccccc1Br. The zero-order chi connectivity index (χ0) is 13.1. The number of nitrogens with two attached hydrogens (primary N) is 1. The first-order valence-electron chi connectivity index (χ1n) is 5.62. The Kier molecular flexibility index (Phi) is 4.71. The van der Waals surface area contributed by atoms with Crippen molar-refractivity contribution in [3.05, 3.63) is 34.3 Å². The molecule has 1 aromatic carbocycles. The summed E-state index contributed by atoms with van der Waals surface area (Å²) in [4.78, 5) is 11.7. The summed E-state index contributed by atoms with van der Waals surface area (Å²) < 4.78 is 1.000. The molecule has 0 aliphatic heterocycles. The lowest BCUT2D eigenvalue weighted by Crippen LogP contribution is -2.39. The topological polar surface area (TPSA) is 55.1 Å². The maximum absolute atomic E-state index is 11.7. The van der Waals surface area contributed by atoms with E-state index in [-0.39, 0.29) is 11.9 Å². The molecule has 0 unspecified atom stereocenters. The fourth-order valence-electron chi connectivity index (χ4n) is 1.61. The second kappa shape index (κ2) is 5.65. The Labute approximate surface area is 111 Å². The average Bonchev–Trinajstić information content (AvgIpc) is 2.14. The Morgan fingerprint density at radius 3 is 2.59 bits per heavy atom. The lowest BCUT2D eigenvalue weighted by Gasteiger charge is -2.21. The van der Waals surface area contributed by atoms with Crippen LogP contribution in [-0.4, -0.2) is 11.4 Å². The van der Waals surface area contributed by atoms with E-state index in [2.05, 4.69) is 21.2 Å². The number of carbonyl (C=O) groups excluding carboxylic acids is 1. The van der Waals surface area contributed by atoms with E-state index in [1.54, 1.807) is 0 Å². The van der Waals surface area contributed by atoms with Gasteiger partial charge in [0.25, 0.3) is 0 Å². The van der Waals surface area contributed by atoms with Crippen LogP contribution >= 0.6 is 15.9 Å². The number of hydrogen-bond donors (Lipinski definition) is 2.